The van der Waals surface area contributed by atoms with Crippen molar-refractivity contribution in [3.8, 4) is 6.07 Å². The average molecular weight is 778 g/mol. The zero-order valence-corrected chi connectivity index (χ0v) is 24.4. The topological polar surface area (TPSA) is 147 Å². The zero-order valence-electron chi connectivity index (χ0n) is 17.8. The molecule has 0 aromatic heterocycles. The van der Waals surface area contributed by atoms with Crippen LogP contribution in [-0.2, 0) is 33.5 Å². The molecule has 0 aromatic rings. The Balaban J connectivity index is -0.000000190. The molecule has 12 heteroatoms. The molecular formula is C19H29I3N2O7. The van der Waals surface area contributed by atoms with Crippen molar-refractivity contribution >= 4 is 90.9 Å². The highest BCUT2D eigenvalue weighted by molar-refractivity contribution is 15.0. The molecule has 178 valence electrons. The highest BCUT2D eigenvalue weighted by atomic mass is 128. The van der Waals surface area contributed by atoms with Crippen molar-refractivity contribution in [3.63, 3.8) is 0 Å². The van der Waals surface area contributed by atoms with Gasteiger partial charge in [-0.15, -0.1) is 24.0 Å². The van der Waals surface area contributed by atoms with Gasteiger partial charge in [0.15, 0.2) is 0 Å². The second kappa shape index (κ2) is 27.4. The molecule has 0 spiro atoms. The van der Waals surface area contributed by atoms with Gasteiger partial charge in [0.25, 0.3) is 0 Å². The lowest BCUT2D eigenvalue weighted by atomic mass is 9.92. The molecule has 1 rings (SSSR count). The Hall–Kier alpha value is -0.660. The maximum Gasteiger partial charge on any atom is 0.373 e. The summed E-state index contributed by atoms with van der Waals surface area (Å²) < 4.78 is 4.82. The van der Waals surface area contributed by atoms with Gasteiger partial charge in [-0.25, -0.2) is 0 Å². The number of hydrogen-bond donors (Lipinski definition) is 1. The van der Waals surface area contributed by atoms with Crippen LogP contribution in [0.5, 0.6) is 0 Å². The molecule has 1 fully saturated rings. The summed E-state index contributed by atoms with van der Waals surface area (Å²) in [4.78, 5) is 59.6. The number of carbonyl (C=O) groups is 4. The van der Waals surface area contributed by atoms with Crippen LogP contribution in [0.3, 0.4) is 0 Å². The molecular weight excluding hydrogens is 749 g/mol. The van der Waals surface area contributed by atoms with E-state index in [0.29, 0.717) is 38.7 Å². The Morgan fingerprint density at radius 2 is 1.68 bits per heavy atom. The molecule has 0 radical (unpaired) electrons. The van der Waals surface area contributed by atoms with Crippen molar-refractivity contribution in [2.24, 2.45) is 11.8 Å². The lowest BCUT2D eigenvalue weighted by Gasteiger charge is -2.19. The van der Waals surface area contributed by atoms with Crippen LogP contribution in [-0.4, -0.2) is 36.3 Å². The molecule has 9 nitrogen and oxygen atoms in total. The number of amides is 2. The molecule has 1 aliphatic rings. The summed E-state index contributed by atoms with van der Waals surface area (Å²) in [5.74, 6) is -0.591. The van der Waals surface area contributed by atoms with E-state index in [2.05, 4.69) is 55.5 Å². The van der Waals surface area contributed by atoms with E-state index in [1.54, 1.807) is 6.92 Å². The quantitative estimate of drug-likeness (QED) is 0.220. The van der Waals surface area contributed by atoms with Crippen molar-refractivity contribution < 1.29 is 33.5 Å². The third-order valence-electron chi connectivity index (χ3n) is 3.64. The second-order valence-electron chi connectivity index (χ2n) is 6.26. The summed E-state index contributed by atoms with van der Waals surface area (Å²) in [7, 11) is 0. The molecule has 1 unspecified atom stereocenters. The maximum absolute atomic E-state index is 11.1. The minimum Gasteiger partial charge on any atom is -0.466 e. The van der Waals surface area contributed by atoms with E-state index in [0.717, 1.165) is 12.8 Å². The number of ketones is 1. The van der Waals surface area contributed by atoms with Crippen molar-refractivity contribution in [2.45, 2.75) is 65.7 Å². The van der Waals surface area contributed by atoms with Gasteiger partial charge in [-0.1, -0.05) is 13.3 Å². The highest BCUT2D eigenvalue weighted by Crippen LogP contribution is 2.17. The average Bonchev–Trinajstić information content (AvgIpc) is 2.64. The van der Waals surface area contributed by atoms with Crippen LogP contribution in [0.4, 0.5) is 0 Å². The van der Waals surface area contributed by atoms with Crippen molar-refractivity contribution in [2.75, 3.05) is 6.61 Å². The van der Waals surface area contributed by atoms with Crippen LogP contribution in [0.15, 0.2) is 0 Å². The van der Waals surface area contributed by atoms with E-state index in [4.69, 9.17) is 19.6 Å². The molecule has 1 saturated heterocycles. The van der Waals surface area contributed by atoms with E-state index in [-0.39, 0.29) is 65.5 Å². The van der Waals surface area contributed by atoms with Gasteiger partial charge in [-0.2, -0.15) is 14.9 Å². The van der Waals surface area contributed by atoms with Crippen LogP contribution in [0.2, 0.25) is 0 Å². The number of carbonyl (C=O) groups excluding carboxylic acids is 6. The van der Waals surface area contributed by atoms with Gasteiger partial charge in [0, 0.05) is 69.3 Å². The number of Topliss-reactive ketones (excluding diaryl/α,β-unsaturated/α-hetero) is 1. The lowest BCUT2D eigenvalue weighted by Crippen LogP contribution is -2.38. The first-order chi connectivity index (χ1) is 14.2. The fourth-order valence-corrected chi connectivity index (χ4v) is 2.67. The standard InChI is InChI=1S/C10H17NO2.C8H11NO3.CO2.I2.HI/c1-3-5-9(6-7-11)8-10(12)13-4-2;1-5(10)2-6-3-7(11)9-8(12)4-6;2-1-3;1-2;/h9H,3-6,8H2,1-2H3;6H,2-4H2,1H3,(H,9,11,12);;;1H. The fourth-order valence-electron chi connectivity index (χ4n) is 2.67. The largest absolute Gasteiger partial charge is 0.466 e. The number of halogens is 3. The molecule has 0 saturated carbocycles. The van der Waals surface area contributed by atoms with E-state index in [1.165, 1.54) is 6.92 Å². The SMILES string of the molecule is CC(=O)CC1CC(=O)NC(=O)C1.CCCC(CC#N)CC(=O)OCC.I.II.O=C=O. The Morgan fingerprint density at radius 1 is 1.19 bits per heavy atom. The number of nitriles is 1. The predicted octanol–water partition coefficient (Wildman–Crippen LogP) is 4.09. The number of hydrogen-bond acceptors (Lipinski definition) is 8. The van der Waals surface area contributed by atoms with E-state index in [9.17, 15) is 19.2 Å². The summed E-state index contributed by atoms with van der Waals surface area (Å²) >= 11 is 4.24. The van der Waals surface area contributed by atoms with E-state index >= 15 is 0 Å². The van der Waals surface area contributed by atoms with Gasteiger partial charge in [0.1, 0.15) is 5.78 Å². The summed E-state index contributed by atoms with van der Waals surface area (Å²) in [6, 6.07) is 2.09. The summed E-state index contributed by atoms with van der Waals surface area (Å²) in [6.07, 6.45) is 3.94. The Bertz CT molecular complexity index is 585. The first kappa shape index (κ1) is 37.6. The number of piperidine rings is 1. The second-order valence-corrected chi connectivity index (χ2v) is 6.26. The maximum atomic E-state index is 11.1. The molecule has 0 aliphatic carbocycles. The zero-order chi connectivity index (χ0) is 23.9. The van der Waals surface area contributed by atoms with Crippen LogP contribution < -0.4 is 5.32 Å². The van der Waals surface area contributed by atoms with Crippen LogP contribution in [0, 0.1) is 23.2 Å². The Labute approximate surface area is 223 Å². The molecule has 0 bridgehead atoms. The van der Waals surface area contributed by atoms with E-state index in [1.807, 2.05) is 0 Å². The molecule has 1 heterocycles. The molecule has 1 atom stereocenters. The minimum absolute atomic E-state index is 0. The fraction of sp³-hybridized carbons (Fsp3) is 0.684. The van der Waals surface area contributed by atoms with Gasteiger partial charge in [0.2, 0.25) is 11.8 Å². The van der Waals surface area contributed by atoms with Gasteiger partial charge in [0.05, 0.1) is 12.7 Å². The molecule has 1 aliphatic heterocycles. The van der Waals surface area contributed by atoms with Gasteiger partial charge < -0.3 is 9.53 Å². The third kappa shape index (κ3) is 27.3. The van der Waals surface area contributed by atoms with Crippen molar-refractivity contribution in [3.05, 3.63) is 0 Å². The van der Waals surface area contributed by atoms with E-state index < -0.39 is 0 Å². The first-order valence-electron chi connectivity index (χ1n) is 9.22. The normalized spacial score (nSPS) is 12.8. The molecule has 1 N–H and O–H groups in total. The van der Waals surface area contributed by atoms with Crippen LogP contribution >= 0.6 is 61.2 Å². The first-order valence-corrected chi connectivity index (χ1v) is 15.5. The summed E-state index contributed by atoms with van der Waals surface area (Å²) in [5.41, 5.74) is 0. The monoisotopic (exact) mass is 778 g/mol. The number of ether oxygens (including phenoxy) is 1. The Kier molecular flexibility index (Phi) is 33.2. The summed E-state index contributed by atoms with van der Waals surface area (Å²) in [5, 5.41) is 10.7. The Morgan fingerprint density at radius 3 is 2.03 bits per heavy atom. The van der Waals surface area contributed by atoms with Crippen molar-refractivity contribution in [1.82, 2.24) is 5.32 Å². The number of imide groups is 1. The number of rotatable bonds is 8. The number of esters is 1. The van der Waals surface area contributed by atoms with Gasteiger partial charge in [-0.05, 0) is 32.1 Å². The molecule has 2 amide bonds. The van der Waals surface area contributed by atoms with Crippen LogP contribution in [0.25, 0.3) is 0 Å². The lowest BCUT2D eigenvalue weighted by molar-refractivity contribution is -0.191. The summed E-state index contributed by atoms with van der Waals surface area (Å²) in [6.45, 7) is 5.73. The van der Waals surface area contributed by atoms with Gasteiger partial charge in [-0.3, -0.25) is 19.7 Å². The van der Waals surface area contributed by atoms with Crippen LogP contribution in [0.1, 0.15) is 65.7 Å². The predicted molar refractivity (Wildman–Crippen MR) is 140 cm³/mol. The third-order valence-corrected chi connectivity index (χ3v) is 3.64. The molecule has 0 aromatic carbocycles. The number of nitrogens with one attached hydrogen (secondary N) is 1. The highest BCUT2D eigenvalue weighted by Gasteiger charge is 2.25. The van der Waals surface area contributed by atoms with Gasteiger partial charge >= 0.3 is 12.1 Å². The smallest absolute Gasteiger partial charge is 0.373 e. The van der Waals surface area contributed by atoms with Crippen molar-refractivity contribution in [1.29, 1.82) is 5.26 Å². The number of nitrogens with zero attached hydrogens (tertiary/aromatic N) is 1. The minimum atomic E-state index is -0.266. The molecule has 31 heavy (non-hydrogen) atoms.